The van der Waals surface area contributed by atoms with Gasteiger partial charge in [-0.1, -0.05) is 29.5 Å². The minimum absolute atomic E-state index is 0.119. The number of hydrogen-bond donors (Lipinski definition) is 0. The summed E-state index contributed by atoms with van der Waals surface area (Å²) in [5, 5.41) is 22.3. The van der Waals surface area contributed by atoms with Crippen molar-refractivity contribution < 1.29 is 10.0 Å². The van der Waals surface area contributed by atoms with Crippen LogP contribution in [0.15, 0.2) is 41.4 Å². The van der Waals surface area contributed by atoms with Crippen LogP contribution in [0.1, 0.15) is 16.7 Å². The summed E-state index contributed by atoms with van der Waals surface area (Å²) in [6.45, 7) is 3.90. The normalized spacial score (nSPS) is 10.9. The average Bonchev–Trinajstić information content (AvgIpc) is 2.39. The molecule has 0 aliphatic heterocycles. The zero-order chi connectivity index (χ0) is 14.7. The van der Waals surface area contributed by atoms with Crippen molar-refractivity contribution in [3.63, 3.8) is 0 Å². The molecule has 5 heteroatoms. The first-order chi connectivity index (χ1) is 9.47. The lowest BCUT2D eigenvalue weighted by atomic mass is 10.1. The van der Waals surface area contributed by atoms with Gasteiger partial charge in [-0.05, 0) is 31.0 Å². The van der Waals surface area contributed by atoms with Crippen LogP contribution in [-0.4, -0.2) is 11.1 Å². The lowest BCUT2D eigenvalue weighted by Gasteiger charge is -2.09. The highest BCUT2D eigenvalue weighted by atomic mass is 16.6. The Morgan fingerprint density at radius 3 is 2.55 bits per heavy atom. The molecule has 0 bridgehead atoms. The second-order valence-electron chi connectivity index (χ2n) is 4.53. The SMILES string of the molecule is Cc1ccc(N=Cc2cc([N+](=O)[O-])ccc2[O-])c(C)c1. The molecule has 102 valence electrons. The quantitative estimate of drug-likeness (QED) is 0.488. The Hall–Kier alpha value is -2.69. The van der Waals surface area contributed by atoms with E-state index in [1.165, 1.54) is 24.4 Å². The van der Waals surface area contributed by atoms with Crippen LogP contribution < -0.4 is 5.11 Å². The Labute approximate surface area is 116 Å². The van der Waals surface area contributed by atoms with Gasteiger partial charge in [0.2, 0.25) is 0 Å². The fourth-order valence-electron chi connectivity index (χ4n) is 1.84. The molecule has 0 aliphatic carbocycles. The molecule has 0 unspecified atom stereocenters. The van der Waals surface area contributed by atoms with Crippen molar-refractivity contribution in [2.24, 2.45) is 4.99 Å². The molecule has 2 aromatic carbocycles. The van der Waals surface area contributed by atoms with Crippen molar-refractivity contribution >= 4 is 17.6 Å². The highest BCUT2D eigenvalue weighted by Gasteiger charge is 2.05. The number of aliphatic imine (C=N–C) groups is 1. The second kappa shape index (κ2) is 5.52. The third-order valence-corrected chi connectivity index (χ3v) is 2.90. The van der Waals surface area contributed by atoms with Crippen LogP contribution in [0, 0.1) is 24.0 Å². The number of benzene rings is 2. The van der Waals surface area contributed by atoms with Crippen molar-refractivity contribution in [2.45, 2.75) is 13.8 Å². The molecule has 20 heavy (non-hydrogen) atoms. The molecule has 0 aliphatic rings. The Morgan fingerprint density at radius 2 is 1.90 bits per heavy atom. The fraction of sp³-hybridized carbons (Fsp3) is 0.133. The monoisotopic (exact) mass is 269 g/mol. The molecule has 2 aromatic rings. The zero-order valence-corrected chi connectivity index (χ0v) is 11.2. The van der Waals surface area contributed by atoms with Gasteiger partial charge in [-0.25, -0.2) is 0 Å². The van der Waals surface area contributed by atoms with Gasteiger partial charge in [0.15, 0.2) is 0 Å². The number of nitrogens with zero attached hydrogens (tertiary/aromatic N) is 2. The number of hydrogen-bond acceptors (Lipinski definition) is 4. The zero-order valence-electron chi connectivity index (χ0n) is 11.2. The first kappa shape index (κ1) is 13.7. The lowest BCUT2D eigenvalue weighted by molar-refractivity contribution is -0.385. The van der Waals surface area contributed by atoms with Gasteiger partial charge in [0, 0.05) is 18.3 Å². The van der Waals surface area contributed by atoms with Crippen molar-refractivity contribution in [1.82, 2.24) is 0 Å². The Bertz CT molecular complexity index is 694. The summed E-state index contributed by atoms with van der Waals surface area (Å²) in [4.78, 5) is 14.4. The number of non-ortho nitro benzene ring substituents is 1. The Kier molecular flexibility index (Phi) is 3.79. The van der Waals surface area contributed by atoms with E-state index >= 15 is 0 Å². The van der Waals surface area contributed by atoms with Crippen LogP contribution >= 0.6 is 0 Å². The van der Waals surface area contributed by atoms with Gasteiger partial charge < -0.3 is 5.11 Å². The molecule has 0 aromatic heterocycles. The van der Waals surface area contributed by atoms with Crippen LogP contribution in [0.4, 0.5) is 11.4 Å². The van der Waals surface area contributed by atoms with Crippen LogP contribution in [0.2, 0.25) is 0 Å². The van der Waals surface area contributed by atoms with E-state index in [2.05, 4.69) is 4.99 Å². The molecule has 0 amide bonds. The molecule has 0 N–H and O–H groups in total. The highest BCUT2D eigenvalue weighted by Crippen LogP contribution is 2.22. The number of rotatable bonds is 3. The number of aryl methyl sites for hydroxylation is 2. The molecule has 0 radical (unpaired) electrons. The van der Waals surface area contributed by atoms with E-state index in [0.29, 0.717) is 0 Å². The molecule has 0 spiro atoms. The summed E-state index contributed by atoms with van der Waals surface area (Å²) in [7, 11) is 0. The first-order valence-corrected chi connectivity index (χ1v) is 6.04. The average molecular weight is 269 g/mol. The highest BCUT2D eigenvalue weighted by molar-refractivity contribution is 5.86. The standard InChI is InChI=1S/C15H14N2O3/c1-10-3-5-14(11(2)7-10)16-9-12-8-13(17(19)20)4-6-15(12)18/h3-9,18H,1-2H3/p-1. The van der Waals surface area contributed by atoms with Crippen molar-refractivity contribution in [1.29, 1.82) is 0 Å². The van der Waals surface area contributed by atoms with Crippen molar-refractivity contribution in [3.8, 4) is 5.75 Å². The molecular weight excluding hydrogens is 256 g/mol. The topological polar surface area (TPSA) is 78.6 Å². The van der Waals surface area contributed by atoms with Crippen LogP contribution in [0.25, 0.3) is 0 Å². The Morgan fingerprint density at radius 1 is 1.15 bits per heavy atom. The van der Waals surface area contributed by atoms with E-state index in [-0.39, 0.29) is 17.0 Å². The maximum absolute atomic E-state index is 11.6. The van der Waals surface area contributed by atoms with Gasteiger partial charge in [0.25, 0.3) is 5.69 Å². The molecule has 0 saturated carbocycles. The molecule has 0 saturated heterocycles. The van der Waals surface area contributed by atoms with E-state index in [4.69, 9.17) is 0 Å². The van der Waals surface area contributed by atoms with Crippen LogP contribution in [0.5, 0.6) is 5.75 Å². The van der Waals surface area contributed by atoms with Gasteiger partial charge >= 0.3 is 0 Å². The van der Waals surface area contributed by atoms with Crippen LogP contribution in [-0.2, 0) is 0 Å². The molecular formula is C15H13N2O3-. The van der Waals surface area contributed by atoms with Crippen molar-refractivity contribution in [3.05, 3.63) is 63.2 Å². The Balaban J connectivity index is 2.35. The van der Waals surface area contributed by atoms with E-state index in [1.807, 2.05) is 32.0 Å². The molecule has 0 fully saturated rings. The van der Waals surface area contributed by atoms with Crippen molar-refractivity contribution in [2.75, 3.05) is 0 Å². The lowest BCUT2D eigenvalue weighted by Crippen LogP contribution is -1.98. The number of nitro groups is 1. The number of nitro benzene ring substituents is 1. The molecule has 5 nitrogen and oxygen atoms in total. The third-order valence-electron chi connectivity index (χ3n) is 2.90. The predicted molar refractivity (Wildman–Crippen MR) is 75.7 cm³/mol. The van der Waals surface area contributed by atoms with Gasteiger partial charge in [0.05, 0.1) is 10.6 Å². The fourth-order valence-corrected chi connectivity index (χ4v) is 1.84. The van der Waals surface area contributed by atoms with Gasteiger partial charge in [0.1, 0.15) is 0 Å². The van der Waals surface area contributed by atoms with E-state index in [0.717, 1.165) is 16.8 Å². The first-order valence-electron chi connectivity index (χ1n) is 6.04. The second-order valence-corrected chi connectivity index (χ2v) is 4.53. The van der Waals surface area contributed by atoms with E-state index in [9.17, 15) is 15.2 Å². The molecule has 0 heterocycles. The van der Waals surface area contributed by atoms with Gasteiger partial charge in [-0.15, -0.1) is 0 Å². The maximum Gasteiger partial charge on any atom is 0.270 e. The summed E-state index contributed by atoms with van der Waals surface area (Å²) < 4.78 is 0. The van der Waals surface area contributed by atoms with Gasteiger partial charge in [-0.2, -0.15) is 0 Å². The van der Waals surface area contributed by atoms with Crippen LogP contribution in [0.3, 0.4) is 0 Å². The summed E-state index contributed by atoms with van der Waals surface area (Å²) in [5.41, 5.74) is 2.94. The predicted octanol–water partition coefficient (Wildman–Crippen LogP) is 3.04. The minimum atomic E-state index is -0.534. The maximum atomic E-state index is 11.6. The summed E-state index contributed by atoms with van der Waals surface area (Å²) in [6, 6.07) is 9.36. The summed E-state index contributed by atoms with van der Waals surface area (Å²) in [6.07, 6.45) is 1.37. The largest absolute Gasteiger partial charge is 0.872 e. The van der Waals surface area contributed by atoms with E-state index in [1.54, 1.807) is 0 Å². The van der Waals surface area contributed by atoms with E-state index < -0.39 is 4.92 Å². The molecule has 2 rings (SSSR count). The smallest absolute Gasteiger partial charge is 0.270 e. The third kappa shape index (κ3) is 3.00. The minimum Gasteiger partial charge on any atom is -0.872 e. The van der Waals surface area contributed by atoms with Gasteiger partial charge in [-0.3, -0.25) is 15.1 Å². The summed E-state index contributed by atoms with van der Waals surface area (Å²) >= 11 is 0. The molecule has 0 atom stereocenters. The summed E-state index contributed by atoms with van der Waals surface area (Å²) in [5.74, 6) is -0.288.